The Hall–Kier alpha value is -5.40. The van der Waals surface area contributed by atoms with Gasteiger partial charge in [-0.3, -0.25) is 4.57 Å². The Balaban J connectivity index is 1.42. The molecule has 0 atom stereocenters. The third kappa shape index (κ3) is 4.58. The molecule has 0 unspecified atom stereocenters. The topological polar surface area (TPSA) is 33.4 Å². The van der Waals surface area contributed by atoms with Crippen LogP contribution in [0.25, 0.3) is 27.8 Å². The fraction of sp³-hybridized carbons (Fsp3) is 0.0286. The number of nitrogens with zero attached hydrogens (tertiary/aromatic N) is 4. The van der Waals surface area contributed by atoms with Crippen molar-refractivity contribution in [2.45, 2.75) is 6.92 Å². The molecule has 4 nitrogen and oxygen atoms in total. The molecular weight excluding hydrogens is 476 g/mol. The SMILES string of the molecule is C#CC=Nc1c(C)c2cc(-c3ccc(N(c4ccccc4)c4ccccc4)cc3)ccc2n1-c1ccccn1. The minimum atomic E-state index is 0.788. The predicted octanol–water partition coefficient (Wildman–Crippen LogP) is 8.81. The smallest absolute Gasteiger partial charge is 0.143 e. The van der Waals surface area contributed by atoms with Gasteiger partial charge in [-0.1, -0.05) is 66.6 Å². The zero-order valence-electron chi connectivity index (χ0n) is 21.6. The number of terminal acetylenes is 1. The van der Waals surface area contributed by atoms with E-state index in [0.29, 0.717) is 0 Å². The van der Waals surface area contributed by atoms with E-state index in [9.17, 15) is 0 Å². The van der Waals surface area contributed by atoms with Gasteiger partial charge in [0, 0.05) is 34.2 Å². The highest BCUT2D eigenvalue weighted by Crippen LogP contribution is 2.38. The van der Waals surface area contributed by atoms with Crippen LogP contribution in [0.5, 0.6) is 0 Å². The molecule has 2 aromatic heterocycles. The first-order valence-corrected chi connectivity index (χ1v) is 12.8. The summed E-state index contributed by atoms with van der Waals surface area (Å²) in [6.45, 7) is 2.08. The summed E-state index contributed by atoms with van der Waals surface area (Å²) in [7, 11) is 0. The van der Waals surface area contributed by atoms with E-state index in [-0.39, 0.29) is 0 Å². The second-order valence-electron chi connectivity index (χ2n) is 9.18. The predicted molar refractivity (Wildman–Crippen MR) is 163 cm³/mol. The molecule has 0 bridgehead atoms. The van der Waals surface area contributed by atoms with Crippen molar-refractivity contribution >= 4 is 40.0 Å². The van der Waals surface area contributed by atoms with E-state index in [2.05, 4.69) is 123 Å². The Kier molecular flexibility index (Phi) is 6.47. The molecule has 0 saturated carbocycles. The normalized spacial score (nSPS) is 11.1. The Labute approximate surface area is 228 Å². The summed E-state index contributed by atoms with van der Waals surface area (Å²) in [5, 5.41) is 1.11. The van der Waals surface area contributed by atoms with E-state index in [1.54, 1.807) is 6.20 Å². The second kappa shape index (κ2) is 10.5. The average molecular weight is 503 g/mol. The van der Waals surface area contributed by atoms with E-state index in [1.807, 2.05) is 30.3 Å². The molecule has 4 heteroatoms. The lowest BCUT2D eigenvalue weighted by Crippen LogP contribution is -2.09. The van der Waals surface area contributed by atoms with Crippen LogP contribution in [-0.2, 0) is 0 Å². The molecule has 0 N–H and O–H groups in total. The number of para-hydroxylation sites is 2. The van der Waals surface area contributed by atoms with Gasteiger partial charge in [-0.2, -0.15) is 0 Å². The van der Waals surface area contributed by atoms with E-state index in [1.165, 1.54) is 6.21 Å². The van der Waals surface area contributed by atoms with Crippen molar-refractivity contribution in [3.8, 4) is 29.3 Å². The number of anilines is 3. The molecule has 2 heterocycles. The van der Waals surface area contributed by atoms with Gasteiger partial charge in [0.1, 0.15) is 11.6 Å². The number of aliphatic imine (C=N–C) groups is 1. The van der Waals surface area contributed by atoms with Gasteiger partial charge in [-0.05, 0) is 78.7 Å². The first-order chi connectivity index (χ1) is 19.2. The Morgan fingerprint density at radius 1 is 0.744 bits per heavy atom. The minimum Gasteiger partial charge on any atom is -0.311 e. The number of aryl methyl sites for hydroxylation is 1. The number of aromatic nitrogens is 2. The summed E-state index contributed by atoms with van der Waals surface area (Å²) in [5.74, 6) is 4.10. The van der Waals surface area contributed by atoms with Crippen LogP contribution >= 0.6 is 0 Å². The number of rotatable bonds is 6. The van der Waals surface area contributed by atoms with Crippen molar-refractivity contribution in [2.24, 2.45) is 4.99 Å². The summed E-state index contributed by atoms with van der Waals surface area (Å²) in [6, 6.07) is 41.9. The lowest BCUT2D eigenvalue weighted by molar-refractivity contribution is 1.03. The Bertz CT molecular complexity index is 1760. The van der Waals surface area contributed by atoms with Crippen LogP contribution < -0.4 is 4.90 Å². The average Bonchev–Trinajstić information content (AvgIpc) is 3.28. The van der Waals surface area contributed by atoms with Gasteiger partial charge in [0.05, 0.1) is 11.7 Å². The lowest BCUT2D eigenvalue weighted by atomic mass is 10.0. The van der Waals surface area contributed by atoms with Crippen LogP contribution in [0, 0.1) is 19.3 Å². The van der Waals surface area contributed by atoms with Gasteiger partial charge >= 0.3 is 0 Å². The largest absolute Gasteiger partial charge is 0.311 e. The van der Waals surface area contributed by atoms with Crippen molar-refractivity contribution in [1.82, 2.24) is 9.55 Å². The standard InChI is InChI=1S/C35H26N4/c1-3-23-37-35-26(2)32-25-28(19-22-33(32)39(35)34-16-10-11-24-36-34)27-17-20-31(21-18-27)38(29-12-6-4-7-13-29)30-14-8-5-9-15-30/h1,4-25H,2H3. The highest BCUT2D eigenvalue weighted by molar-refractivity contribution is 5.95. The lowest BCUT2D eigenvalue weighted by Gasteiger charge is -2.25. The number of hydrogen-bond acceptors (Lipinski definition) is 3. The minimum absolute atomic E-state index is 0.788. The maximum atomic E-state index is 5.49. The van der Waals surface area contributed by atoms with Gasteiger partial charge in [0.15, 0.2) is 0 Å². The fourth-order valence-corrected chi connectivity index (χ4v) is 4.99. The van der Waals surface area contributed by atoms with Crippen molar-refractivity contribution < 1.29 is 0 Å². The number of pyridine rings is 1. The molecule has 4 aromatic carbocycles. The highest BCUT2D eigenvalue weighted by atomic mass is 15.1. The number of fused-ring (bicyclic) bond motifs is 1. The van der Waals surface area contributed by atoms with Crippen molar-refractivity contribution in [1.29, 1.82) is 0 Å². The van der Waals surface area contributed by atoms with Gasteiger partial charge in [0.2, 0.25) is 0 Å². The van der Waals surface area contributed by atoms with E-state index in [4.69, 9.17) is 6.42 Å². The van der Waals surface area contributed by atoms with Crippen LogP contribution in [0.3, 0.4) is 0 Å². The third-order valence-electron chi connectivity index (χ3n) is 6.82. The first-order valence-electron chi connectivity index (χ1n) is 12.8. The second-order valence-corrected chi connectivity index (χ2v) is 9.18. The fourth-order valence-electron chi connectivity index (χ4n) is 4.99. The zero-order valence-corrected chi connectivity index (χ0v) is 21.6. The summed E-state index contributed by atoms with van der Waals surface area (Å²) in [6.07, 6.45) is 8.77. The van der Waals surface area contributed by atoms with Crippen LogP contribution in [0.15, 0.2) is 133 Å². The number of benzene rings is 4. The van der Waals surface area contributed by atoms with Crippen molar-refractivity contribution in [3.63, 3.8) is 0 Å². The van der Waals surface area contributed by atoms with E-state index >= 15 is 0 Å². The molecule has 39 heavy (non-hydrogen) atoms. The molecule has 0 aliphatic heterocycles. The Morgan fingerprint density at radius 3 is 1.97 bits per heavy atom. The molecule has 0 saturated heterocycles. The van der Waals surface area contributed by atoms with Crippen LogP contribution in [0.4, 0.5) is 22.9 Å². The van der Waals surface area contributed by atoms with Crippen LogP contribution in [-0.4, -0.2) is 15.8 Å². The molecule has 0 fully saturated rings. The third-order valence-corrected chi connectivity index (χ3v) is 6.82. The van der Waals surface area contributed by atoms with Gasteiger partial charge in [0.25, 0.3) is 0 Å². The molecule has 6 aromatic rings. The quantitative estimate of drug-likeness (QED) is 0.168. The molecule has 0 amide bonds. The molecule has 6 rings (SSSR count). The maximum absolute atomic E-state index is 5.49. The summed E-state index contributed by atoms with van der Waals surface area (Å²) >= 11 is 0. The summed E-state index contributed by atoms with van der Waals surface area (Å²) in [4.78, 5) is 11.4. The van der Waals surface area contributed by atoms with Gasteiger partial charge < -0.3 is 4.90 Å². The molecular formula is C35H26N4. The zero-order chi connectivity index (χ0) is 26.6. The van der Waals surface area contributed by atoms with E-state index in [0.717, 1.165) is 56.3 Å². The van der Waals surface area contributed by atoms with Crippen LogP contribution in [0.1, 0.15) is 5.56 Å². The van der Waals surface area contributed by atoms with Gasteiger partial charge in [-0.25, -0.2) is 9.98 Å². The van der Waals surface area contributed by atoms with Crippen molar-refractivity contribution in [3.05, 3.63) is 133 Å². The maximum Gasteiger partial charge on any atom is 0.143 e. The monoisotopic (exact) mass is 502 g/mol. The number of hydrogen-bond donors (Lipinski definition) is 0. The van der Waals surface area contributed by atoms with E-state index < -0.39 is 0 Å². The molecule has 0 aliphatic rings. The Morgan fingerprint density at radius 2 is 1.36 bits per heavy atom. The first kappa shape index (κ1) is 24.0. The molecule has 0 spiro atoms. The van der Waals surface area contributed by atoms with Crippen molar-refractivity contribution in [2.75, 3.05) is 4.90 Å². The summed E-state index contributed by atoms with van der Waals surface area (Å²) in [5.41, 5.74) is 7.69. The highest BCUT2D eigenvalue weighted by Gasteiger charge is 2.17. The van der Waals surface area contributed by atoms with Crippen LogP contribution in [0.2, 0.25) is 0 Å². The molecule has 0 radical (unpaired) electrons. The molecule has 186 valence electrons. The summed E-state index contributed by atoms with van der Waals surface area (Å²) < 4.78 is 2.06. The van der Waals surface area contributed by atoms with Gasteiger partial charge in [-0.15, -0.1) is 6.42 Å². The molecule has 0 aliphatic carbocycles.